The van der Waals surface area contributed by atoms with Crippen LogP contribution in [0.3, 0.4) is 0 Å². The zero-order valence-corrected chi connectivity index (χ0v) is 11.0. The van der Waals surface area contributed by atoms with E-state index in [1.54, 1.807) is 0 Å². The largest absolute Gasteiger partial charge is 0.335 e. The molecule has 1 aromatic rings. The quantitative estimate of drug-likeness (QED) is 0.888. The van der Waals surface area contributed by atoms with Gasteiger partial charge in [0.05, 0.1) is 12.0 Å². The SMILES string of the molecule is O=C(C1CNC1)N1CCC[C@H]1c1ccccc1Cl. The Morgan fingerprint density at radius 2 is 2.11 bits per heavy atom. The molecule has 1 aromatic carbocycles. The first-order valence-corrected chi connectivity index (χ1v) is 6.91. The van der Waals surface area contributed by atoms with E-state index in [0.29, 0.717) is 0 Å². The Morgan fingerprint density at radius 3 is 2.78 bits per heavy atom. The van der Waals surface area contributed by atoms with Gasteiger partial charge in [-0.1, -0.05) is 29.8 Å². The molecule has 3 nitrogen and oxygen atoms in total. The lowest BCUT2D eigenvalue weighted by Crippen LogP contribution is -2.51. The summed E-state index contributed by atoms with van der Waals surface area (Å²) in [6, 6.07) is 8.04. The molecule has 0 unspecified atom stereocenters. The maximum absolute atomic E-state index is 12.4. The van der Waals surface area contributed by atoms with Crippen LogP contribution in [0, 0.1) is 5.92 Å². The van der Waals surface area contributed by atoms with E-state index in [-0.39, 0.29) is 17.9 Å². The number of hydrogen-bond donors (Lipinski definition) is 1. The average molecular weight is 265 g/mol. The summed E-state index contributed by atoms with van der Waals surface area (Å²) in [6.45, 7) is 2.51. The van der Waals surface area contributed by atoms with Gasteiger partial charge in [-0.25, -0.2) is 0 Å². The number of nitrogens with one attached hydrogen (secondary N) is 1. The Hall–Kier alpha value is -1.06. The third-order valence-corrected chi connectivity index (χ3v) is 4.28. The van der Waals surface area contributed by atoms with E-state index in [2.05, 4.69) is 5.32 Å². The van der Waals surface area contributed by atoms with Crippen molar-refractivity contribution in [1.82, 2.24) is 10.2 Å². The Kier molecular flexibility index (Phi) is 3.27. The minimum Gasteiger partial charge on any atom is -0.335 e. The molecule has 2 heterocycles. The van der Waals surface area contributed by atoms with Crippen LogP contribution >= 0.6 is 11.6 Å². The third-order valence-electron chi connectivity index (χ3n) is 3.93. The predicted molar refractivity (Wildman–Crippen MR) is 71.5 cm³/mol. The molecule has 2 aliphatic rings. The van der Waals surface area contributed by atoms with Gasteiger partial charge < -0.3 is 10.2 Å². The molecule has 1 amide bonds. The van der Waals surface area contributed by atoms with Gasteiger partial charge in [0.1, 0.15) is 0 Å². The fourth-order valence-electron chi connectivity index (χ4n) is 2.80. The van der Waals surface area contributed by atoms with Crippen molar-refractivity contribution in [2.45, 2.75) is 18.9 Å². The number of likely N-dealkylation sites (tertiary alicyclic amines) is 1. The average Bonchev–Trinajstić information content (AvgIpc) is 2.76. The molecule has 96 valence electrons. The normalized spacial score (nSPS) is 24.1. The highest BCUT2D eigenvalue weighted by Gasteiger charge is 2.36. The first-order valence-electron chi connectivity index (χ1n) is 6.53. The van der Waals surface area contributed by atoms with Crippen LogP contribution < -0.4 is 5.32 Å². The summed E-state index contributed by atoms with van der Waals surface area (Å²) in [7, 11) is 0. The lowest BCUT2D eigenvalue weighted by Gasteiger charge is -2.33. The summed E-state index contributed by atoms with van der Waals surface area (Å²) in [6.07, 6.45) is 2.09. The standard InChI is InChI=1S/C14H17ClN2O/c15-12-5-2-1-4-11(12)13-6-3-7-17(13)14(18)10-8-16-9-10/h1-2,4-5,10,13,16H,3,6-9H2/t13-/m0/s1. The molecule has 0 aliphatic carbocycles. The molecule has 0 saturated carbocycles. The van der Waals surface area contributed by atoms with Crippen LogP contribution in [0.15, 0.2) is 24.3 Å². The fraction of sp³-hybridized carbons (Fsp3) is 0.500. The van der Waals surface area contributed by atoms with E-state index in [1.807, 2.05) is 29.2 Å². The molecule has 1 atom stereocenters. The van der Waals surface area contributed by atoms with E-state index >= 15 is 0 Å². The number of hydrogen-bond acceptors (Lipinski definition) is 2. The van der Waals surface area contributed by atoms with Crippen LogP contribution in [0.1, 0.15) is 24.4 Å². The summed E-state index contributed by atoms with van der Waals surface area (Å²) in [5, 5.41) is 3.93. The van der Waals surface area contributed by atoms with Crippen molar-refractivity contribution in [2.24, 2.45) is 5.92 Å². The summed E-state index contributed by atoms with van der Waals surface area (Å²) < 4.78 is 0. The van der Waals surface area contributed by atoms with Gasteiger partial charge in [-0.2, -0.15) is 0 Å². The highest BCUT2D eigenvalue weighted by Crippen LogP contribution is 2.36. The molecule has 0 spiro atoms. The van der Waals surface area contributed by atoms with E-state index in [0.717, 1.165) is 43.1 Å². The lowest BCUT2D eigenvalue weighted by molar-refractivity contribution is -0.138. The molecule has 0 radical (unpaired) electrons. The Morgan fingerprint density at radius 1 is 1.33 bits per heavy atom. The topological polar surface area (TPSA) is 32.3 Å². The summed E-state index contributed by atoms with van der Waals surface area (Å²) in [5.74, 6) is 0.462. The summed E-state index contributed by atoms with van der Waals surface area (Å²) in [4.78, 5) is 14.4. The van der Waals surface area contributed by atoms with Crippen LogP contribution in [-0.2, 0) is 4.79 Å². The minimum atomic E-state index is 0.173. The molecule has 3 rings (SSSR count). The molecule has 2 aliphatic heterocycles. The van der Waals surface area contributed by atoms with Gasteiger partial charge in [0.15, 0.2) is 0 Å². The van der Waals surface area contributed by atoms with Gasteiger partial charge in [-0.15, -0.1) is 0 Å². The zero-order chi connectivity index (χ0) is 12.5. The molecule has 0 aromatic heterocycles. The van der Waals surface area contributed by atoms with Crippen LogP contribution in [0.4, 0.5) is 0 Å². The monoisotopic (exact) mass is 264 g/mol. The molecular formula is C14H17ClN2O. The van der Waals surface area contributed by atoms with Crippen molar-refractivity contribution in [3.8, 4) is 0 Å². The van der Waals surface area contributed by atoms with Gasteiger partial charge in [-0.05, 0) is 24.5 Å². The van der Waals surface area contributed by atoms with Gasteiger partial charge in [0.25, 0.3) is 0 Å². The van der Waals surface area contributed by atoms with Crippen LogP contribution in [0.2, 0.25) is 5.02 Å². The smallest absolute Gasteiger partial charge is 0.228 e. The van der Waals surface area contributed by atoms with Crippen molar-refractivity contribution in [1.29, 1.82) is 0 Å². The molecule has 2 fully saturated rings. The van der Waals surface area contributed by atoms with Crippen molar-refractivity contribution in [3.63, 3.8) is 0 Å². The lowest BCUT2D eigenvalue weighted by atomic mass is 9.99. The minimum absolute atomic E-state index is 0.173. The molecule has 0 bridgehead atoms. The zero-order valence-electron chi connectivity index (χ0n) is 10.2. The molecule has 4 heteroatoms. The Balaban J connectivity index is 1.82. The van der Waals surface area contributed by atoms with Crippen LogP contribution in [-0.4, -0.2) is 30.4 Å². The van der Waals surface area contributed by atoms with E-state index in [1.165, 1.54) is 0 Å². The van der Waals surface area contributed by atoms with Crippen molar-refractivity contribution in [2.75, 3.05) is 19.6 Å². The maximum Gasteiger partial charge on any atom is 0.228 e. The van der Waals surface area contributed by atoms with E-state index in [9.17, 15) is 4.79 Å². The third kappa shape index (κ3) is 2.02. The number of nitrogens with zero attached hydrogens (tertiary/aromatic N) is 1. The summed E-state index contributed by atoms with van der Waals surface area (Å²) in [5.41, 5.74) is 1.09. The van der Waals surface area contributed by atoms with Crippen LogP contribution in [0.25, 0.3) is 0 Å². The molecule has 18 heavy (non-hydrogen) atoms. The molecule has 1 N–H and O–H groups in total. The highest BCUT2D eigenvalue weighted by atomic mass is 35.5. The number of benzene rings is 1. The van der Waals surface area contributed by atoms with Crippen molar-refractivity contribution < 1.29 is 4.79 Å². The van der Waals surface area contributed by atoms with Crippen LogP contribution in [0.5, 0.6) is 0 Å². The van der Waals surface area contributed by atoms with Gasteiger partial charge in [0.2, 0.25) is 5.91 Å². The second kappa shape index (κ2) is 4.90. The van der Waals surface area contributed by atoms with Gasteiger partial charge >= 0.3 is 0 Å². The highest BCUT2D eigenvalue weighted by molar-refractivity contribution is 6.31. The fourth-order valence-corrected chi connectivity index (χ4v) is 3.06. The first kappa shape index (κ1) is 12.0. The summed E-state index contributed by atoms with van der Waals surface area (Å²) >= 11 is 6.25. The number of halogens is 1. The number of amides is 1. The van der Waals surface area contributed by atoms with E-state index < -0.39 is 0 Å². The molecule has 2 saturated heterocycles. The van der Waals surface area contributed by atoms with Gasteiger partial charge in [-0.3, -0.25) is 4.79 Å². The molecular weight excluding hydrogens is 248 g/mol. The number of carbonyl (C=O) groups excluding carboxylic acids is 1. The van der Waals surface area contributed by atoms with Crippen molar-refractivity contribution in [3.05, 3.63) is 34.9 Å². The Bertz CT molecular complexity index is 459. The second-order valence-corrected chi connectivity index (χ2v) is 5.47. The number of carbonyl (C=O) groups is 1. The van der Waals surface area contributed by atoms with E-state index in [4.69, 9.17) is 11.6 Å². The van der Waals surface area contributed by atoms with Crippen molar-refractivity contribution >= 4 is 17.5 Å². The predicted octanol–water partition coefficient (Wildman–Crippen LogP) is 2.22. The van der Waals surface area contributed by atoms with Gasteiger partial charge in [0, 0.05) is 24.7 Å². The number of rotatable bonds is 2. The maximum atomic E-state index is 12.4. The second-order valence-electron chi connectivity index (χ2n) is 5.07. The first-order chi connectivity index (χ1) is 8.77. The Labute approximate surface area is 112 Å².